The predicted octanol–water partition coefficient (Wildman–Crippen LogP) is 3.70. The van der Waals surface area contributed by atoms with E-state index >= 15 is 0 Å². The van der Waals surface area contributed by atoms with Crippen LogP contribution in [0.4, 0.5) is 10.5 Å². The number of benzene rings is 1. The van der Waals surface area contributed by atoms with Gasteiger partial charge in [0.05, 0.1) is 11.7 Å². The van der Waals surface area contributed by atoms with Crippen molar-refractivity contribution in [3.63, 3.8) is 0 Å². The van der Waals surface area contributed by atoms with E-state index in [0.717, 1.165) is 40.0 Å². The third kappa shape index (κ3) is 3.28. The minimum Gasteiger partial charge on any atom is -0.423 e. The number of fused-ring (bicyclic) bond motifs is 1. The zero-order valence-corrected chi connectivity index (χ0v) is 16.6. The second-order valence-corrected chi connectivity index (χ2v) is 7.60. The van der Waals surface area contributed by atoms with Crippen molar-refractivity contribution in [1.29, 1.82) is 0 Å². The number of nitrogens with one attached hydrogen (secondary N) is 1. The maximum Gasteiger partial charge on any atom is 0.336 e. The van der Waals surface area contributed by atoms with E-state index in [4.69, 9.17) is 4.42 Å². The van der Waals surface area contributed by atoms with Crippen LogP contribution in [0.1, 0.15) is 35.0 Å². The van der Waals surface area contributed by atoms with Gasteiger partial charge in [-0.1, -0.05) is 0 Å². The van der Waals surface area contributed by atoms with Gasteiger partial charge in [-0.2, -0.15) is 5.10 Å². The number of rotatable bonds is 2. The summed E-state index contributed by atoms with van der Waals surface area (Å²) in [5.41, 5.74) is 4.68. The lowest BCUT2D eigenvalue weighted by Gasteiger charge is -2.19. The third-order valence-electron chi connectivity index (χ3n) is 5.38. The van der Waals surface area contributed by atoms with Crippen molar-refractivity contribution >= 4 is 22.7 Å². The summed E-state index contributed by atoms with van der Waals surface area (Å²) in [7, 11) is 0. The Labute approximate surface area is 162 Å². The molecule has 0 bridgehead atoms. The summed E-state index contributed by atoms with van der Waals surface area (Å²) in [6.45, 7) is 9.10. The summed E-state index contributed by atoms with van der Waals surface area (Å²) < 4.78 is 7.29. The molecule has 0 spiro atoms. The largest absolute Gasteiger partial charge is 0.423 e. The van der Waals surface area contributed by atoms with Crippen LogP contribution in [0.2, 0.25) is 0 Å². The second kappa shape index (κ2) is 6.82. The van der Waals surface area contributed by atoms with E-state index in [1.54, 1.807) is 6.07 Å². The molecular weight excluding hydrogens is 356 g/mol. The number of amides is 2. The number of carbonyl (C=O) groups is 1. The summed E-state index contributed by atoms with van der Waals surface area (Å²) >= 11 is 0. The first-order valence-corrected chi connectivity index (χ1v) is 9.45. The molecule has 0 aliphatic carbocycles. The van der Waals surface area contributed by atoms with Crippen LogP contribution in [-0.2, 0) is 0 Å². The van der Waals surface area contributed by atoms with E-state index < -0.39 is 0 Å². The number of aromatic nitrogens is 2. The van der Waals surface area contributed by atoms with Gasteiger partial charge >= 0.3 is 11.7 Å². The minimum absolute atomic E-state index is 0.124. The molecule has 146 valence electrons. The number of hydrogen-bond acceptors (Lipinski definition) is 4. The molecule has 2 aromatic heterocycles. The number of aryl methyl sites for hydroxylation is 4. The predicted molar refractivity (Wildman–Crippen MR) is 108 cm³/mol. The fraction of sp³-hybridized carbons (Fsp3) is 0.381. The second-order valence-electron chi connectivity index (χ2n) is 7.60. The first-order valence-electron chi connectivity index (χ1n) is 9.45. The standard InChI is InChI=1S/C21H24N4O3/c1-12-8-20(26)28-19-7-13(2)18(10-17(12)19)22-21(27)24-6-5-16(11-24)25-15(4)9-14(3)23-25/h7-10,16H,5-6,11H2,1-4H3,(H,22,27). The quantitative estimate of drug-likeness (QED) is 0.688. The molecule has 1 fully saturated rings. The molecule has 7 heteroatoms. The van der Waals surface area contributed by atoms with E-state index in [-0.39, 0.29) is 17.7 Å². The van der Waals surface area contributed by atoms with Gasteiger partial charge in [0.15, 0.2) is 0 Å². The van der Waals surface area contributed by atoms with Crippen LogP contribution < -0.4 is 10.9 Å². The van der Waals surface area contributed by atoms with E-state index in [2.05, 4.69) is 16.5 Å². The molecule has 3 heterocycles. The molecule has 2 amide bonds. The van der Waals surface area contributed by atoms with E-state index in [1.807, 2.05) is 43.3 Å². The van der Waals surface area contributed by atoms with E-state index in [9.17, 15) is 9.59 Å². The Morgan fingerprint density at radius 3 is 2.64 bits per heavy atom. The van der Waals surface area contributed by atoms with Crippen molar-refractivity contribution in [2.75, 3.05) is 18.4 Å². The molecule has 1 N–H and O–H groups in total. The summed E-state index contributed by atoms with van der Waals surface area (Å²) in [6.07, 6.45) is 0.885. The van der Waals surface area contributed by atoms with E-state index in [0.29, 0.717) is 18.7 Å². The van der Waals surface area contributed by atoms with Gasteiger partial charge in [0.1, 0.15) is 5.58 Å². The van der Waals surface area contributed by atoms with Crippen molar-refractivity contribution in [2.24, 2.45) is 0 Å². The Morgan fingerprint density at radius 1 is 1.14 bits per heavy atom. The molecule has 1 unspecified atom stereocenters. The zero-order valence-electron chi connectivity index (χ0n) is 16.6. The van der Waals surface area contributed by atoms with Gasteiger partial charge in [-0.3, -0.25) is 4.68 Å². The molecule has 1 aliphatic rings. The SMILES string of the molecule is Cc1cc(C)n(C2CCN(C(=O)Nc3cc4c(C)cc(=O)oc4cc3C)C2)n1. The maximum absolute atomic E-state index is 12.8. The number of anilines is 1. The summed E-state index contributed by atoms with van der Waals surface area (Å²) in [5, 5.41) is 8.39. The van der Waals surface area contributed by atoms with Crippen molar-refractivity contribution in [3.05, 3.63) is 57.2 Å². The first kappa shape index (κ1) is 18.3. The molecule has 1 aromatic carbocycles. The van der Waals surface area contributed by atoms with Gasteiger partial charge in [-0.05, 0) is 63.4 Å². The van der Waals surface area contributed by atoms with Gasteiger partial charge in [0.25, 0.3) is 0 Å². The smallest absolute Gasteiger partial charge is 0.336 e. The molecular formula is C21H24N4O3. The molecule has 0 radical (unpaired) electrons. The van der Waals surface area contributed by atoms with Crippen LogP contribution in [0.5, 0.6) is 0 Å². The molecule has 4 rings (SSSR count). The monoisotopic (exact) mass is 380 g/mol. The number of likely N-dealkylation sites (tertiary alicyclic amines) is 1. The highest BCUT2D eigenvalue weighted by Crippen LogP contribution is 2.27. The third-order valence-corrected chi connectivity index (χ3v) is 5.38. The van der Waals surface area contributed by atoms with Crippen molar-refractivity contribution in [1.82, 2.24) is 14.7 Å². The Balaban J connectivity index is 1.53. The van der Waals surface area contributed by atoms with Crippen molar-refractivity contribution in [2.45, 2.75) is 40.2 Å². The normalized spacial score (nSPS) is 16.7. The fourth-order valence-electron chi connectivity index (χ4n) is 3.94. The van der Waals surface area contributed by atoms with Gasteiger partial charge < -0.3 is 14.6 Å². The zero-order chi connectivity index (χ0) is 20.0. The molecule has 1 atom stereocenters. The fourth-order valence-corrected chi connectivity index (χ4v) is 3.94. The highest BCUT2D eigenvalue weighted by atomic mass is 16.4. The van der Waals surface area contributed by atoms with Gasteiger partial charge in [0, 0.05) is 35.9 Å². The molecule has 1 saturated heterocycles. The minimum atomic E-state index is -0.367. The lowest BCUT2D eigenvalue weighted by Crippen LogP contribution is -2.33. The first-order chi connectivity index (χ1) is 13.3. The Morgan fingerprint density at radius 2 is 1.93 bits per heavy atom. The van der Waals surface area contributed by atoms with Crippen LogP contribution in [0, 0.1) is 27.7 Å². The van der Waals surface area contributed by atoms with Crippen LogP contribution in [0.25, 0.3) is 11.0 Å². The van der Waals surface area contributed by atoms with Gasteiger partial charge in [0.2, 0.25) is 0 Å². The van der Waals surface area contributed by atoms with E-state index in [1.165, 1.54) is 6.07 Å². The lowest BCUT2D eigenvalue weighted by molar-refractivity contribution is 0.220. The van der Waals surface area contributed by atoms with Crippen LogP contribution in [0.15, 0.2) is 33.5 Å². The van der Waals surface area contributed by atoms with Gasteiger partial charge in [-0.15, -0.1) is 0 Å². The van der Waals surface area contributed by atoms with Crippen molar-refractivity contribution < 1.29 is 9.21 Å². The highest BCUT2D eigenvalue weighted by Gasteiger charge is 2.29. The van der Waals surface area contributed by atoms with Crippen molar-refractivity contribution in [3.8, 4) is 0 Å². The molecule has 7 nitrogen and oxygen atoms in total. The average molecular weight is 380 g/mol. The maximum atomic E-state index is 12.8. The van der Waals surface area contributed by atoms with Crippen LogP contribution >= 0.6 is 0 Å². The average Bonchev–Trinajstić information content (AvgIpc) is 3.22. The molecule has 0 saturated carbocycles. The number of nitrogens with zero attached hydrogens (tertiary/aromatic N) is 3. The van der Waals surface area contributed by atoms with Crippen LogP contribution in [-0.4, -0.2) is 33.8 Å². The number of urea groups is 1. The van der Waals surface area contributed by atoms with Crippen LogP contribution in [0.3, 0.4) is 0 Å². The molecule has 28 heavy (non-hydrogen) atoms. The van der Waals surface area contributed by atoms with Gasteiger partial charge in [-0.25, -0.2) is 9.59 Å². The summed E-state index contributed by atoms with van der Waals surface area (Å²) in [5.74, 6) is 0. The summed E-state index contributed by atoms with van der Waals surface area (Å²) in [6, 6.07) is 7.26. The molecule has 3 aromatic rings. The Hall–Kier alpha value is -3.09. The Bertz CT molecular complexity index is 1130. The number of hydrogen-bond donors (Lipinski definition) is 1. The topological polar surface area (TPSA) is 80.4 Å². The Kier molecular flexibility index (Phi) is 4.45. The molecule has 1 aliphatic heterocycles. The summed E-state index contributed by atoms with van der Waals surface area (Å²) in [4.78, 5) is 26.2. The number of carbonyl (C=O) groups excluding carboxylic acids is 1. The lowest BCUT2D eigenvalue weighted by atomic mass is 10.1. The highest BCUT2D eigenvalue weighted by molar-refractivity contribution is 5.94.